The summed E-state index contributed by atoms with van der Waals surface area (Å²) in [6.45, 7) is 3.34. The smallest absolute Gasteiger partial charge is 0.223 e. The van der Waals surface area contributed by atoms with Crippen LogP contribution in [0.5, 0.6) is 17.2 Å². The predicted octanol–water partition coefficient (Wildman–Crippen LogP) is 4.33. The minimum atomic E-state index is 0.141. The number of hydrogen-bond acceptors (Lipinski definition) is 5. The van der Waals surface area contributed by atoms with Crippen molar-refractivity contribution >= 4 is 17.5 Å². The molecule has 2 aromatic rings. The fourth-order valence-electron chi connectivity index (χ4n) is 5.04. The summed E-state index contributed by atoms with van der Waals surface area (Å²) in [4.78, 5) is 15.2. The number of para-hydroxylation sites is 1. The van der Waals surface area contributed by atoms with E-state index in [1.807, 2.05) is 36.4 Å². The summed E-state index contributed by atoms with van der Waals surface area (Å²) in [7, 11) is 4.92. The van der Waals surface area contributed by atoms with E-state index in [0.29, 0.717) is 23.1 Å². The number of amides is 1. The molecule has 1 atom stereocenters. The summed E-state index contributed by atoms with van der Waals surface area (Å²) < 4.78 is 16.2. The van der Waals surface area contributed by atoms with Gasteiger partial charge in [0, 0.05) is 30.1 Å². The summed E-state index contributed by atoms with van der Waals surface area (Å²) in [6.07, 6.45) is 3.86. The number of ether oxygens (including phenoxy) is 3. The van der Waals surface area contributed by atoms with Crippen molar-refractivity contribution in [1.29, 1.82) is 0 Å². The van der Waals surface area contributed by atoms with Gasteiger partial charge in [0.15, 0.2) is 11.5 Å². The van der Waals surface area contributed by atoms with Crippen molar-refractivity contribution in [1.82, 2.24) is 10.2 Å². The van der Waals surface area contributed by atoms with Gasteiger partial charge in [0.2, 0.25) is 5.91 Å². The third-order valence-electron chi connectivity index (χ3n) is 7.19. The van der Waals surface area contributed by atoms with Crippen molar-refractivity contribution in [3.63, 3.8) is 0 Å². The molecular weight excluding hydrogens is 440 g/mol. The Morgan fingerprint density at radius 3 is 2.39 bits per heavy atom. The molecule has 1 spiro atoms. The molecule has 1 amide bonds. The van der Waals surface area contributed by atoms with Gasteiger partial charge in [-0.05, 0) is 67.4 Å². The van der Waals surface area contributed by atoms with E-state index in [9.17, 15) is 4.79 Å². The second-order valence-electron chi connectivity index (χ2n) is 9.05. The van der Waals surface area contributed by atoms with E-state index in [1.54, 1.807) is 21.3 Å². The van der Waals surface area contributed by atoms with Crippen molar-refractivity contribution < 1.29 is 19.0 Å². The Kier molecular flexibility index (Phi) is 7.35. The average molecular weight is 473 g/mol. The zero-order valence-electron chi connectivity index (χ0n) is 19.7. The molecule has 1 heterocycles. The first-order chi connectivity index (χ1) is 16.0. The van der Waals surface area contributed by atoms with Crippen LogP contribution >= 0.6 is 11.6 Å². The fourth-order valence-corrected chi connectivity index (χ4v) is 5.25. The lowest BCUT2D eigenvalue weighted by molar-refractivity contribution is -0.123. The average Bonchev–Trinajstić information content (AvgIpc) is 3.55. The largest absolute Gasteiger partial charge is 0.496 e. The molecule has 1 aliphatic carbocycles. The van der Waals surface area contributed by atoms with Crippen LogP contribution in [0.1, 0.15) is 30.4 Å². The summed E-state index contributed by atoms with van der Waals surface area (Å²) in [6, 6.07) is 11.7. The molecule has 4 rings (SSSR count). The highest BCUT2D eigenvalue weighted by atomic mass is 35.5. The molecule has 1 unspecified atom stereocenters. The Labute approximate surface area is 201 Å². The maximum Gasteiger partial charge on any atom is 0.223 e. The van der Waals surface area contributed by atoms with Crippen LogP contribution in [-0.4, -0.2) is 51.8 Å². The molecule has 7 heteroatoms. The number of carbonyl (C=O) groups excluding carboxylic acids is 1. The van der Waals surface area contributed by atoms with Crippen LogP contribution in [0.15, 0.2) is 36.4 Å². The number of nitrogens with one attached hydrogen (secondary N) is 1. The predicted molar refractivity (Wildman–Crippen MR) is 129 cm³/mol. The minimum Gasteiger partial charge on any atom is -0.496 e. The van der Waals surface area contributed by atoms with Gasteiger partial charge in [-0.25, -0.2) is 0 Å². The van der Waals surface area contributed by atoms with E-state index in [2.05, 4.69) is 10.2 Å². The molecule has 0 bridgehead atoms. The molecule has 1 saturated heterocycles. The number of halogens is 1. The van der Waals surface area contributed by atoms with Crippen LogP contribution in [0, 0.1) is 11.3 Å². The Hall–Kier alpha value is -2.44. The van der Waals surface area contributed by atoms with Gasteiger partial charge in [0.1, 0.15) is 5.75 Å². The quantitative estimate of drug-likeness (QED) is 0.588. The first-order valence-electron chi connectivity index (χ1n) is 11.5. The molecule has 33 heavy (non-hydrogen) atoms. The second-order valence-corrected chi connectivity index (χ2v) is 9.45. The zero-order valence-corrected chi connectivity index (χ0v) is 20.4. The number of carbonyl (C=O) groups is 1. The normalized spacial score (nSPS) is 19.2. The van der Waals surface area contributed by atoms with E-state index in [0.717, 1.165) is 62.2 Å². The molecule has 2 aliphatic rings. The standard InChI is InChI=1S/C26H33ClN2O4/c1-31-22-7-5-4-6-18(22)8-11-28-25(30)20-16-26(20)9-12-29(13-10-26)17-19-14-23(32-2)24(33-3)15-21(19)27/h4-7,14-15,20H,8-13,16-17H2,1-3H3,(H,28,30). The van der Waals surface area contributed by atoms with E-state index < -0.39 is 0 Å². The monoisotopic (exact) mass is 472 g/mol. The molecule has 0 radical (unpaired) electrons. The lowest BCUT2D eigenvalue weighted by Gasteiger charge is -2.33. The summed E-state index contributed by atoms with van der Waals surface area (Å²) >= 11 is 6.48. The van der Waals surface area contributed by atoms with Crippen molar-refractivity contribution in [3.05, 3.63) is 52.5 Å². The van der Waals surface area contributed by atoms with Crippen molar-refractivity contribution in [2.75, 3.05) is 41.0 Å². The van der Waals surface area contributed by atoms with Gasteiger partial charge >= 0.3 is 0 Å². The number of methoxy groups -OCH3 is 3. The molecule has 2 fully saturated rings. The highest BCUT2D eigenvalue weighted by molar-refractivity contribution is 6.31. The minimum absolute atomic E-state index is 0.141. The topological polar surface area (TPSA) is 60.0 Å². The van der Waals surface area contributed by atoms with E-state index in [1.165, 1.54) is 0 Å². The SMILES string of the molecule is COc1ccccc1CCNC(=O)C1CC12CCN(Cc1cc(OC)c(OC)cc1Cl)CC2. The Bertz CT molecular complexity index is 988. The molecule has 6 nitrogen and oxygen atoms in total. The van der Waals surface area contributed by atoms with Crippen LogP contribution in [-0.2, 0) is 17.8 Å². The van der Waals surface area contributed by atoms with E-state index in [4.69, 9.17) is 25.8 Å². The van der Waals surface area contributed by atoms with Gasteiger partial charge in [-0.1, -0.05) is 29.8 Å². The zero-order chi connectivity index (χ0) is 23.4. The Morgan fingerprint density at radius 2 is 1.70 bits per heavy atom. The summed E-state index contributed by atoms with van der Waals surface area (Å²) in [5.74, 6) is 2.54. The molecule has 2 aromatic carbocycles. The van der Waals surface area contributed by atoms with Gasteiger partial charge in [-0.2, -0.15) is 0 Å². The third-order valence-corrected chi connectivity index (χ3v) is 7.54. The molecule has 0 aromatic heterocycles. The van der Waals surface area contributed by atoms with Crippen LogP contribution in [0.2, 0.25) is 5.02 Å². The third kappa shape index (κ3) is 5.22. The van der Waals surface area contributed by atoms with Gasteiger partial charge < -0.3 is 19.5 Å². The van der Waals surface area contributed by atoms with Gasteiger partial charge in [-0.3, -0.25) is 9.69 Å². The molecular formula is C26H33ClN2O4. The number of likely N-dealkylation sites (tertiary alicyclic amines) is 1. The van der Waals surface area contributed by atoms with Gasteiger partial charge in [0.05, 0.1) is 21.3 Å². The Morgan fingerprint density at radius 1 is 1.03 bits per heavy atom. The summed E-state index contributed by atoms with van der Waals surface area (Å²) in [5, 5.41) is 3.83. The first kappa shape index (κ1) is 23.7. The number of nitrogens with zero attached hydrogens (tertiary/aromatic N) is 1. The van der Waals surface area contributed by atoms with Gasteiger partial charge in [0.25, 0.3) is 0 Å². The highest BCUT2D eigenvalue weighted by Gasteiger charge is 2.58. The van der Waals surface area contributed by atoms with Crippen LogP contribution < -0.4 is 19.5 Å². The van der Waals surface area contributed by atoms with Crippen molar-refractivity contribution in [3.8, 4) is 17.2 Å². The van der Waals surface area contributed by atoms with E-state index in [-0.39, 0.29) is 17.2 Å². The number of rotatable bonds is 9. The Balaban J connectivity index is 1.25. The lowest BCUT2D eigenvalue weighted by Crippen LogP contribution is -2.37. The van der Waals surface area contributed by atoms with Crippen molar-refractivity contribution in [2.24, 2.45) is 11.3 Å². The second kappa shape index (κ2) is 10.2. The highest BCUT2D eigenvalue weighted by Crippen LogP contribution is 2.59. The number of benzene rings is 2. The maximum atomic E-state index is 12.8. The molecule has 178 valence electrons. The molecule has 1 aliphatic heterocycles. The fraction of sp³-hybridized carbons (Fsp3) is 0.500. The van der Waals surface area contributed by atoms with Crippen molar-refractivity contribution in [2.45, 2.75) is 32.2 Å². The van der Waals surface area contributed by atoms with Gasteiger partial charge in [-0.15, -0.1) is 0 Å². The first-order valence-corrected chi connectivity index (χ1v) is 11.9. The van der Waals surface area contributed by atoms with E-state index >= 15 is 0 Å². The number of hydrogen-bond donors (Lipinski definition) is 1. The molecule has 1 saturated carbocycles. The van der Waals surface area contributed by atoms with Crippen LogP contribution in [0.4, 0.5) is 0 Å². The summed E-state index contributed by atoms with van der Waals surface area (Å²) in [5.41, 5.74) is 2.33. The maximum absolute atomic E-state index is 12.8. The number of piperidine rings is 1. The van der Waals surface area contributed by atoms with Crippen LogP contribution in [0.3, 0.4) is 0 Å². The van der Waals surface area contributed by atoms with Crippen LogP contribution in [0.25, 0.3) is 0 Å². The lowest BCUT2D eigenvalue weighted by atomic mass is 9.90. The molecule has 1 N–H and O–H groups in total.